The van der Waals surface area contributed by atoms with Crippen molar-refractivity contribution in [3.05, 3.63) is 46.7 Å². The molecule has 0 aliphatic rings. The molecular weight excluding hydrogens is 334 g/mol. The number of aromatic nitrogens is 2. The number of carbonyl (C=O) groups excluding carboxylic acids is 1. The highest BCUT2D eigenvalue weighted by atomic mass is 79.9. The Hall–Kier alpha value is -1.82. The largest absolute Gasteiger partial charge is 0.467 e. The van der Waals surface area contributed by atoms with Crippen molar-refractivity contribution in [3.8, 4) is 0 Å². The lowest BCUT2D eigenvalue weighted by atomic mass is 10.1. The van der Waals surface area contributed by atoms with Gasteiger partial charge in [-0.25, -0.2) is 4.79 Å². The zero-order valence-electron chi connectivity index (χ0n) is 12.2. The minimum absolute atomic E-state index is 0.237. The van der Waals surface area contributed by atoms with Crippen LogP contribution in [0.2, 0.25) is 0 Å². The zero-order chi connectivity index (χ0) is 15.4. The molecule has 1 N–H and O–H groups in total. The molecule has 112 valence electrons. The van der Waals surface area contributed by atoms with Gasteiger partial charge in [-0.1, -0.05) is 12.1 Å². The van der Waals surface area contributed by atoms with E-state index >= 15 is 0 Å². The summed E-state index contributed by atoms with van der Waals surface area (Å²) in [5.74, 6) is -0.353. The first-order valence-corrected chi connectivity index (χ1v) is 7.45. The second kappa shape index (κ2) is 6.76. The van der Waals surface area contributed by atoms with Crippen LogP contribution < -0.4 is 5.32 Å². The number of hydrogen-bond acceptors (Lipinski definition) is 4. The molecule has 1 heterocycles. The normalized spacial score (nSPS) is 12.2. The van der Waals surface area contributed by atoms with Crippen LogP contribution in [0.15, 0.2) is 41.1 Å². The molecule has 0 bridgehead atoms. The number of carbonyl (C=O) groups is 1. The maximum Gasteiger partial charge on any atom is 0.333 e. The Balaban J connectivity index is 2.30. The number of benzene rings is 1. The van der Waals surface area contributed by atoms with E-state index < -0.39 is 6.04 Å². The molecule has 0 saturated heterocycles. The summed E-state index contributed by atoms with van der Waals surface area (Å²) in [6.07, 6.45) is 3.54. The second-order valence-corrected chi connectivity index (χ2v) is 5.78. The van der Waals surface area contributed by atoms with Gasteiger partial charge in [0.25, 0.3) is 0 Å². The van der Waals surface area contributed by atoms with Gasteiger partial charge in [0.1, 0.15) is 0 Å². The SMILES string of the molecule is COC(=O)C(Nc1ccccc1Br)c1cnn(C(C)C)c1. The fourth-order valence-corrected chi connectivity index (χ4v) is 2.31. The highest BCUT2D eigenvalue weighted by molar-refractivity contribution is 9.10. The average Bonchev–Trinajstić information content (AvgIpc) is 2.95. The highest BCUT2D eigenvalue weighted by Crippen LogP contribution is 2.27. The van der Waals surface area contributed by atoms with E-state index in [0.29, 0.717) is 0 Å². The van der Waals surface area contributed by atoms with Gasteiger partial charge in [0.05, 0.1) is 13.3 Å². The Morgan fingerprint density at radius 1 is 1.38 bits per heavy atom. The summed E-state index contributed by atoms with van der Waals surface area (Å²) < 4.78 is 7.59. The van der Waals surface area contributed by atoms with E-state index in [9.17, 15) is 4.79 Å². The first kappa shape index (κ1) is 15.6. The van der Waals surface area contributed by atoms with Crippen LogP contribution in [0.3, 0.4) is 0 Å². The third-order valence-electron chi connectivity index (χ3n) is 3.09. The lowest BCUT2D eigenvalue weighted by Crippen LogP contribution is -2.22. The van der Waals surface area contributed by atoms with Gasteiger partial charge in [-0.2, -0.15) is 5.10 Å². The number of ether oxygens (including phenoxy) is 1. The molecule has 5 nitrogen and oxygen atoms in total. The number of esters is 1. The Morgan fingerprint density at radius 2 is 2.10 bits per heavy atom. The first-order chi connectivity index (χ1) is 10.0. The molecule has 0 aliphatic heterocycles. The van der Waals surface area contributed by atoms with E-state index in [1.54, 1.807) is 6.20 Å². The van der Waals surface area contributed by atoms with Crippen molar-refractivity contribution in [1.82, 2.24) is 9.78 Å². The van der Waals surface area contributed by atoms with E-state index in [2.05, 4.69) is 26.3 Å². The monoisotopic (exact) mass is 351 g/mol. The summed E-state index contributed by atoms with van der Waals surface area (Å²) >= 11 is 3.46. The topological polar surface area (TPSA) is 56.1 Å². The Morgan fingerprint density at radius 3 is 2.67 bits per heavy atom. The Bertz CT molecular complexity index is 625. The van der Waals surface area contributed by atoms with Crippen molar-refractivity contribution in [2.75, 3.05) is 12.4 Å². The summed E-state index contributed by atoms with van der Waals surface area (Å²) in [6, 6.07) is 7.26. The van der Waals surface area contributed by atoms with Crippen molar-refractivity contribution >= 4 is 27.6 Å². The number of anilines is 1. The minimum Gasteiger partial charge on any atom is -0.467 e. The number of rotatable bonds is 5. The molecule has 0 amide bonds. The summed E-state index contributed by atoms with van der Waals surface area (Å²) in [5.41, 5.74) is 1.59. The van der Waals surface area contributed by atoms with E-state index in [1.165, 1.54) is 7.11 Å². The van der Waals surface area contributed by atoms with Crippen LogP contribution in [0, 0.1) is 0 Å². The van der Waals surface area contributed by atoms with Crippen LogP contribution in [-0.4, -0.2) is 22.9 Å². The minimum atomic E-state index is -0.596. The van der Waals surface area contributed by atoms with E-state index in [-0.39, 0.29) is 12.0 Å². The maximum atomic E-state index is 12.1. The van der Waals surface area contributed by atoms with Crippen molar-refractivity contribution in [3.63, 3.8) is 0 Å². The summed E-state index contributed by atoms with van der Waals surface area (Å²) in [4.78, 5) is 12.1. The van der Waals surface area contributed by atoms with Crippen LogP contribution in [0.1, 0.15) is 31.5 Å². The van der Waals surface area contributed by atoms with Crippen LogP contribution in [0.5, 0.6) is 0 Å². The Kier molecular flexibility index (Phi) is 5.01. The molecule has 1 aromatic carbocycles. The van der Waals surface area contributed by atoms with Crippen LogP contribution in [-0.2, 0) is 9.53 Å². The number of nitrogens with zero attached hydrogens (tertiary/aromatic N) is 2. The molecule has 1 unspecified atom stereocenters. The zero-order valence-corrected chi connectivity index (χ0v) is 13.8. The van der Waals surface area contributed by atoms with Gasteiger partial charge >= 0.3 is 5.97 Å². The van der Waals surface area contributed by atoms with E-state index in [1.807, 2.05) is 49.0 Å². The first-order valence-electron chi connectivity index (χ1n) is 6.66. The molecular formula is C15H18BrN3O2. The van der Waals surface area contributed by atoms with Crippen molar-refractivity contribution in [1.29, 1.82) is 0 Å². The van der Waals surface area contributed by atoms with Crippen LogP contribution >= 0.6 is 15.9 Å². The van der Waals surface area contributed by atoms with Gasteiger partial charge in [-0.15, -0.1) is 0 Å². The predicted molar refractivity (Wildman–Crippen MR) is 85.1 cm³/mol. The molecule has 0 spiro atoms. The molecule has 0 saturated carbocycles. The molecule has 0 aliphatic carbocycles. The van der Waals surface area contributed by atoms with E-state index in [0.717, 1.165) is 15.7 Å². The van der Waals surface area contributed by atoms with Crippen molar-refractivity contribution in [2.24, 2.45) is 0 Å². The van der Waals surface area contributed by atoms with Gasteiger partial charge in [0.2, 0.25) is 0 Å². The fraction of sp³-hybridized carbons (Fsp3) is 0.333. The van der Waals surface area contributed by atoms with Gasteiger partial charge in [0, 0.05) is 28.0 Å². The number of para-hydroxylation sites is 1. The summed E-state index contributed by atoms with van der Waals surface area (Å²) in [7, 11) is 1.38. The smallest absolute Gasteiger partial charge is 0.333 e. The number of methoxy groups -OCH3 is 1. The number of nitrogens with one attached hydrogen (secondary N) is 1. The highest BCUT2D eigenvalue weighted by Gasteiger charge is 2.24. The second-order valence-electron chi connectivity index (χ2n) is 4.93. The number of halogens is 1. The molecule has 1 aromatic heterocycles. The molecule has 2 aromatic rings. The molecule has 0 fully saturated rings. The lowest BCUT2D eigenvalue weighted by Gasteiger charge is -2.17. The number of hydrogen-bond donors (Lipinski definition) is 1. The third kappa shape index (κ3) is 3.64. The Labute approximate surface area is 132 Å². The molecule has 1 atom stereocenters. The lowest BCUT2D eigenvalue weighted by molar-refractivity contribution is -0.141. The fourth-order valence-electron chi connectivity index (χ4n) is 1.91. The maximum absolute atomic E-state index is 12.1. The van der Waals surface area contributed by atoms with Gasteiger partial charge in [-0.05, 0) is 41.9 Å². The summed E-state index contributed by atoms with van der Waals surface area (Å²) in [5, 5.41) is 7.47. The average molecular weight is 352 g/mol. The van der Waals surface area contributed by atoms with E-state index in [4.69, 9.17) is 4.74 Å². The predicted octanol–water partition coefficient (Wildman–Crippen LogP) is 3.55. The molecule has 21 heavy (non-hydrogen) atoms. The van der Waals surface area contributed by atoms with Gasteiger partial charge in [0.15, 0.2) is 6.04 Å². The molecule has 6 heteroatoms. The van der Waals surface area contributed by atoms with Crippen LogP contribution in [0.4, 0.5) is 5.69 Å². The standard InChI is InChI=1S/C15H18BrN3O2/c1-10(2)19-9-11(8-17-19)14(15(20)21-3)18-13-7-5-4-6-12(13)16/h4-10,14,18H,1-3H3. The van der Waals surface area contributed by atoms with Crippen LogP contribution in [0.25, 0.3) is 0 Å². The quantitative estimate of drug-likeness (QED) is 0.836. The van der Waals surface area contributed by atoms with Crippen molar-refractivity contribution in [2.45, 2.75) is 25.9 Å². The molecule has 2 rings (SSSR count). The van der Waals surface area contributed by atoms with Gasteiger partial charge < -0.3 is 10.1 Å². The third-order valence-corrected chi connectivity index (χ3v) is 3.79. The van der Waals surface area contributed by atoms with Crippen molar-refractivity contribution < 1.29 is 9.53 Å². The molecule has 0 radical (unpaired) electrons. The summed E-state index contributed by atoms with van der Waals surface area (Å²) in [6.45, 7) is 4.07. The van der Waals surface area contributed by atoms with Gasteiger partial charge in [-0.3, -0.25) is 4.68 Å².